The minimum absolute atomic E-state index is 0.0984. The van der Waals surface area contributed by atoms with Gasteiger partial charge in [0.2, 0.25) is 0 Å². The zero-order valence-electron chi connectivity index (χ0n) is 14.0. The second kappa shape index (κ2) is 7.62. The summed E-state index contributed by atoms with van der Waals surface area (Å²) in [4.78, 5) is 16.6. The van der Waals surface area contributed by atoms with E-state index in [4.69, 9.17) is 0 Å². The lowest BCUT2D eigenvalue weighted by Crippen LogP contribution is -2.48. The van der Waals surface area contributed by atoms with Crippen LogP contribution in [0.1, 0.15) is 22.3 Å². The first-order valence-corrected chi connectivity index (χ1v) is 8.81. The zero-order chi connectivity index (χ0) is 16.9. The Labute approximate surface area is 143 Å². The second-order valence-electron chi connectivity index (χ2n) is 5.67. The SMILES string of the molecule is C=CCC(C(=O)c1ccc(SC)cc1)(c1ccccc1)N(C)C. The van der Waals surface area contributed by atoms with Crippen molar-refractivity contribution in [3.8, 4) is 0 Å². The highest BCUT2D eigenvalue weighted by molar-refractivity contribution is 7.98. The predicted molar refractivity (Wildman–Crippen MR) is 99.2 cm³/mol. The van der Waals surface area contributed by atoms with Crippen LogP contribution >= 0.6 is 11.8 Å². The normalized spacial score (nSPS) is 13.6. The third-order valence-electron chi connectivity index (χ3n) is 4.18. The number of nitrogens with zero attached hydrogens (tertiary/aromatic N) is 1. The summed E-state index contributed by atoms with van der Waals surface area (Å²) in [6.45, 7) is 3.87. The van der Waals surface area contributed by atoms with Crippen LogP contribution in [0.2, 0.25) is 0 Å². The van der Waals surface area contributed by atoms with Crippen molar-refractivity contribution in [3.63, 3.8) is 0 Å². The highest BCUT2D eigenvalue weighted by atomic mass is 32.2. The number of benzene rings is 2. The van der Waals surface area contributed by atoms with E-state index in [-0.39, 0.29) is 5.78 Å². The molecule has 120 valence electrons. The van der Waals surface area contributed by atoms with Gasteiger partial charge in [0.25, 0.3) is 0 Å². The Hall–Kier alpha value is -1.84. The molecule has 2 aromatic rings. The third-order valence-corrected chi connectivity index (χ3v) is 4.93. The number of carbonyl (C=O) groups excluding carboxylic acids is 1. The summed E-state index contributed by atoms with van der Waals surface area (Å²) in [7, 11) is 3.90. The van der Waals surface area contributed by atoms with E-state index in [1.165, 1.54) is 0 Å². The van der Waals surface area contributed by atoms with E-state index in [0.717, 1.165) is 16.0 Å². The molecule has 0 aliphatic rings. The van der Waals surface area contributed by atoms with Crippen molar-refractivity contribution in [2.45, 2.75) is 16.9 Å². The van der Waals surface area contributed by atoms with Gasteiger partial charge in [-0.1, -0.05) is 48.5 Å². The van der Waals surface area contributed by atoms with Crippen molar-refractivity contribution < 1.29 is 4.79 Å². The van der Waals surface area contributed by atoms with Crippen molar-refractivity contribution in [1.82, 2.24) is 4.90 Å². The highest BCUT2D eigenvalue weighted by Gasteiger charge is 2.41. The standard InChI is InChI=1S/C20H23NOS/c1-5-15-20(21(2)3,17-9-7-6-8-10-17)19(22)16-11-13-18(23-4)14-12-16/h5-14H,1,15H2,2-4H3. The van der Waals surface area contributed by atoms with Crippen LogP contribution in [-0.4, -0.2) is 31.0 Å². The van der Waals surface area contributed by atoms with Crippen LogP contribution in [0.25, 0.3) is 0 Å². The zero-order valence-corrected chi connectivity index (χ0v) is 14.8. The topological polar surface area (TPSA) is 20.3 Å². The Balaban J connectivity index is 2.55. The van der Waals surface area contributed by atoms with E-state index < -0.39 is 5.54 Å². The maximum Gasteiger partial charge on any atom is 0.187 e. The summed E-state index contributed by atoms with van der Waals surface area (Å²) in [5.41, 5.74) is 0.982. The summed E-state index contributed by atoms with van der Waals surface area (Å²) in [5.74, 6) is 0.0984. The molecule has 0 amide bonds. The van der Waals surface area contributed by atoms with Gasteiger partial charge in [-0.2, -0.15) is 0 Å². The highest BCUT2D eigenvalue weighted by Crippen LogP contribution is 2.35. The van der Waals surface area contributed by atoms with Gasteiger partial charge < -0.3 is 0 Å². The Morgan fingerprint density at radius 2 is 1.74 bits per heavy atom. The molecular formula is C20H23NOS. The van der Waals surface area contributed by atoms with Crippen molar-refractivity contribution in [2.24, 2.45) is 0 Å². The summed E-state index contributed by atoms with van der Waals surface area (Å²) in [5, 5.41) is 0. The van der Waals surface area contributed by atoms with Crippen LogP contribution in [0.5, 0.6) is 0 Å². The van der Waals surface area contributed by atoms with Crippen LogP contribution in [0.4, 0.5) is 0 Å². The molecule has 0 aromatic heterocycles. The lowest BCUT2D eigenvalue weighted by atomic mass is 9.79. The van der Waals surface area contributed by atoms with E-state index in [1.807, 2.05) is 85.9 Å². The van der Waals surface area contributed by atoms with E-state index >= 15 is 0 Å². The van der Waals surface area contributed by atoms with Crippen LogP contribution < -0.4 is 0 Å². The Morgan fingerprint density at radius 1 is 1.13 bits per heavy atom. The van der Waals surface area contributed by atoms with Gasteiger partial charge in [0.15, 0.2) is 5.78 Å². The molecule has 0 aliphatic carbocycles. The lowest BCUT2D eigenvalue weighted by Gasteiger charge is -2.38. The van der Waals surface area contributed by atoms with Gasteiger partial charge in [-0.25, -0.2) is 0 Å². The van der Waals surface area contributed by atoms with Gasteiger partial charge in [0.1, 0.15) is 5.54 Å². The number of hydrogen-bond donors (Lipinski definition) is 0. The predicted octanol–water partition coefficient (Wildman–Crippen LogP) is 4.62. The fraction of sp³-hybridized carbons (Fsp3) is 0.250. The van der Waals surface area contributed by atoms with Crippen molar-refractivity contribution >= 4 is 17.5 Å². The number of Topliss-reactive ketones (excluding diaryl/α,β-unsaturated/α-hetero) is 1. The van der Waals surface area contributed by atoms with Crippen LogP contribution in [0.3, 0.4) is 0 Å². The average Bonchev–Trinajstić information content (AvgIpc) is 2.59. The smallest absolute Gasteiger partial charge is 0.187 e. The van der Waals surface area contributed by atoms with Gasteiger partial charge >= 0.3 is 0 Å². The molecule has 23 heavy (non-hydrogen) atoms. The summed E-state index contributed by atoms with van der Waals surface area (Å²) in [6.07, 6.45) is 4.41. The fourth-order valence-corrected chi connectivity index (χ4v) is 3.30. The minimum atomic E-state index is -0.732. The maximum atomic E-state index is 13.4. The van der Waals surface area contributed by atoms with Gasteiger partial charge in [-0.05, 0) is 44.5 Å². The van der Waals surface area contributed by atoms with Crippen LogP contribution in [-0.2, 0) is 5.54 Å². The Bertz CT molecular complexity index is 664. The quantitative estimate of drug-likeness (QED) is 0.421. The molecule has 2 rings (SSSR count). The van der Waals surface area contributed by atoms with Crippen LogP contribution in [0.15, 0.2) is 72.1 Å². The largest absolute Gasteiger partial charge is 0.293 e. The van der Waals surface area contributed by atoms with Gasteiger partial charge in [-0.3, -0.25) is 9.69 Å². The molecule has 0 heterocycles. The molecule has 0 saturated carbocycles. The first-order chi connectivity index (χ1) is 11.1. The van der Waals surface area contributed by atoms with Crippen molar-refractivity contribution in [1.29, 1.82) is 0 Å². The monoisotopic (exact) mass is 325 g/mol. The molecule has 2 aromatic carbocycles. The summed E-state index contributed by atoms with van der Waals surface area (Å²) >= 11 is 1.67. The van der Waals surface area contributed by atoms with Crippen LogP contribution in [0, 0.1) is 0 Å². The number of rotatable bonds is 7. The third kappa shape index (κ3) is 3.41. The molecule has 2 nitrogen and oxygen atoms in total. The maximum absolute atomic E-state index is 13.4. The fourth-order valence-electron chi connectivity index (χ4n) is 2.89. The number of hydrogen-bond acceptors (Lipinski definition) is 3. The first-order valence-electron chi connectivity index (χ1n) is 7.59. The van der Waals surface area contributed by atoms with Gasteiger partial charge in [0.05, 0.1) is 0 Å². The molecule has 1 unspecified atom stereocenters. The minimum Gasteiger partial charge on any atom is -0.293 e. The Morgan fingerprint density at radius 3 is 2.22 bits per heavy atom. The molecule has 3 heteroatoms. The number of carbonyl (C=O) groups is 1. The molecule has 0 aliphatic heterocycles. The van der Waals surface area contributed by atoms with E-state index in [0.29, 0.717) is 6.42 Å². The number of likely N-dealkylation sites (N-methyl/N-ethyl adjacent to an activating group) is 1. The molecule has 0 spiro atoms. The lowest BCUT2D eigenvalue weighted by molar-refractivity contribution is 0.0678. The average molecular weight is 325 g/mol. The van der Waals surface area contributed by atoms with E-state index in [1.54, 1.807) is 11.8 Å². The van der Waals surface area contributed by atoms with Gasteiger partial charge in [0, 0.05) is 10.5 Å². The molecular weight excluding hydrogens is 302 g/mol. The summed E-state index contributed by atoms with van der Waals surface area (Å²) in [6, 6.07) is 17.8. The van der Waals surface area contributed by atoms with E-state index in [9.17, 15) is 4.79 Å². The molecule has 0 bridgehead atoms. The molecule has 0 saturated heterocycles. The Kier molecular flexibility index (Phi) is 5.80. The molecule has 0 fully saturated rings. The van der Waals surface area contributed by atoms with Crippen molar-refractivity contribution in [3.05, 3.63) is 78.4 Å². The molecule has 1 atom stereocenters. The second-order valence-corrected chi connectivity index (χ2v) is 6.55. The molecule has 0 radical (unpaired) electrons. The molecule has 0 N–H and O–H groups in total. The summed E-state index contributed by atoms with van der Waals surface area (Å²) < 4.78 is 0. The number of ketones is 1. The van der Waals surface area contributed by atoms with Gasteiger partial charge in [-0.15, -0.1) is 18.3 Å². The first kappa shape index (κ1) is 17.5. The van der Waals surface area contributed by atoms with Crippen molar-refractivity contribution in [2.75, 3.05) is 20.4 Å². The number of thioether (sulfide) groups is 1. The van der Waals surface area contributed by atoms with E-state index in [2.05, 4.69) is 6.58 Å².